The first-order valence-corrected chi connectivity index (χ1v) is 5.22. The summed E-state index contributed by atoms with van der Waals surface area (Å²) < 4.78 is 0. The average Bonchev–Trinajstić information content (AvgIpc) is 2.12. The second-order valence-corrected chi connectivity index (χ2v) is 3.61. The van der Waals surface area contributed by atoms with E-state index in [1.54, 1.807) is 12.1 Å². The van der Waals surface area contributed by atoms with Gasteiger partial charge in [0, 0.05) is 5.56 Å². The minimum absolute atomic E-state index is 0.232. The Morgan fingerprint density at radius 1 is 0.929 bits per heavy atom. The third-order valence-electron chi connectivity index (χ3n) is 2.30. The molecule has 0 aliphatic carbocycles. The fraction of sp³-hybridized carbons (Fsp3) is 0.500. The van der Waals surface area contributed by atoms with E-state index in [4.69, 9.17) is 0 Å². The number of phenolic OH excluding ortho intramolecular Hbond substituents is 2. The van der Waals surface area contributed by atoms with Crippen molar-refractivity contribution in [2.45, 2.75) is 39.5 Å². The van der Waals surface area contributed by atoms with Crippen LogP contribution in [0.25, 0.3) is 0 Å². The molecule has 0 aliphatic rings. The molecule has 78 valence electrons. The van der Waals surface area contributed by atoms with Gasteiger partial charge in [-0.25, -0.2) is 0 Å². The van der Waals surface area contributed by atoms with E-state index < -0.39 is 0 Å². The lowest BCUT2D eigenvalue weighted by Gasteiger charge is -2.08. The second kappa shape index (κ2) is 4.89. The molecule has 0 fully saturated rings. The molecule has 0 radical (unpaired) electrons. The van der Waals surface area contributed by atoms with Gasteiger partial charge in [0.05, 0.1) is 0 Å². The first-order valence-electron chi connectivity index (χ1n) is 5.22. The summed E-state index contributed by atoms with van der Waals surface area (Å²) in [7, 11) is 0. The highest BCUT2D eigenvalue weighted by Crippen LogP contribution is 2.30. The van der Waals surface area contributed by atoms with Gasteiger partial charge in [-0.15, -0.1) is 0 Å². The zero-order valence-corrected chi connectivity index (χ0v) is 8.88. The summed E-state index contributed by atoms with van der Waals surface area (Å²) in [5.41, 5.74) is 1.68. The summed E-state index contributed by atoms with van der Waals surface area (Å²) in [5, 5.41) is 19.3. The molecule has 0 aromatic heterocycles. The van der Waals surface area contributed by atoms with Gasteiger partial charge in [-0.3, -0.25) is 0 Å². The van der Waals surface area contributed by atoms with Crippen molar-refractivity contribution in [1.29, 1.82) is 0 Å². The summed E-state index contributed by atoms with van der Waals surface area (Å²) in [5.74, 6) is 0.464. The van der Waals surface area contributed by atoms with Gasteiger partial charge in [-0.05, 0) is 30.5 Å². The predicted molar refractivity (Wildman–Crippen MR) is 57.8 cm³/mol. The van der Waals surface area contributed by atoms with Gasteiger partial charge in [-0.1, -0.05) is 26.7 Å². The van der Waals surface area contributed by atoms with E-state index in [-0.39, 0.29) is 11.5 Å². The number of aromatic hydroxyl groups is 2. The van der Waals surface area contributed by atoms with Crippen molar-refractivity contribution in [2.24, 2.45) is 0 Å². The Balaban J connectivity index is 2.98. The molecule has 0 amide bonds. The van der Waals surface area contributed by atoms with Gasteiger partial charge >= 0.3 is 0 Å². The molecule has 1 aromatic carbocycles. The molecule has 2 heteroatoms. The van der Waals surface area contributed by atoms with Crippen molar-refractivity contribution in [3.8, 4) is 11.5 Å². The molecule has 0 unspecified atom stereocenters. The standard InChI is InChI=1S/C12H18O2/c1-3-5-9-7-11(13)10(6-4-2)12(14)8-9/h7-8,13-14H,3-6H2,1-2H3. The number of hydrogen-bond donors (Lipinski definition) is 2. The van der Waals surface area contributed by atoms with Gasteiger partial charge in [0.1, 0.15) is 11.5 Å². The Morgan fingerprint density at radius 3 is 1.86 bits per heavy atom. The van der Waals surface area contributed by atoms with Crippen molar-refractivity contribution >= 4 is 0 Å². The van der Waals surface area contributed by atoms with Crippen molar-refractivity contribution in [1.82, 2.24) is 0 Å². The molecule has 0 heterocycles. The lowest BCUT2D eigenvalue weighted by molar-refractivity contribution is 0.436. The minimum atomic E-state index is 0.232. The molecule has 0 spiro atoms. The van der Waals surface area contributed by atoms with Crippen LogP contribution in [0.5, 0.6) is 11.5 Å². The van der Waals surface area contributed by atoms with Gasteiger partial charge in [0.25, 0.3) is 0 Å². The van der Waals surface area contributed by atoms with E-state index >= 15 is 0 Å². The van der Waals surface area contributed by atoms with Crippen LogP contribution < -0.4 is 0 Å². The maximum atomic E-state index is 9.67. The van der Waals surface area contributed by atoms with E-state index in [0.29, 0.717) is 5.56 Å². The van der Waals surface area contributed by atoms with Crippen LogP contribution in [0.2, 0.25) is 0 Å². The lowest BCUT2D eigenvalue weighted by Crippen LogP contribution is -1.90. The number of rotatable bonds is 4. The predicted octanol–water partition coefficient (Wildman–Crippen LogP) is 3.00. The number of benzene rings is 1. The van der Waals surface area contributed by atoms with Crippen LogP contribution in [0.3, 0.4) is 0 Å². The van der Waals surface area contributed by atoms with Gasteiger partial charge < -0.3 is 10.2 Å². The van der Waals surface area contributed by atoms with E-state index in [1.165, 1.54) is 0 Å². The Hall–Kier alpha value is -1.18. The van der Waals surface area contributed by atoms with Crippen molar-refractivity contribution in [3.05, 3.63) is 23.3 Å². The van der Waals surface area contributed by atoms with Crippen molar-refractivity contribution in [2.75, 3.05) is 0 Å². The molecule has 0 saturated heterocycles. The van der Waals surface area contributed by atoms with Gasteiger partial charge in [0.2, 0.25) is 0 Å². The highest BCUT2D eigenvalue weighted by Gasteiger charge is 2.08. The molecule has 1 aromatic rings. The molecule has 2 nitrogen and oxygen atoms in total. The lowest BCUT2D eigenvalue weighted by atomic mass is 10.0. The van der Waals surface area contributed by atoms with E-state index in [0.717, 1.165) is 31.2 Å². The topological polar surface area (TPSA) is 40.5 Å². The third kappa shape index (κ3) is 2.41. The van der Waals surface area contributed by atoms with Gasteiger partial charge in [0.15, 0.2) is 0 Å². The molecule has 2 N–H and O–H groups in total. The van der Waals surface area contributed by atoms with Crippen LogP contribution in [0.15, 0.2) is 12.1 Å². The largest absolute Gasteiger partial charge is 0.508 e. The SMILES string of the molecule is CCCc1cc(O)c(CCC)c(O)c1. The Bertz CT molecular complexity index is 282. The summed E-state index contributed by atoms with van der Waals surface area (Å²) in [4.78, 5) is 0. The second-order valence-electron chi connectivity index (χ2n) is 3.61. The number of hydrogen-bond acceptors (Lipinski definition) is 2. The zero-order chi connectivity index (χ0) is 10.6. The normalized spacial score (nSPS) is 10.4. The van der Waals surface area contributed by atoms with E-state index in [1.807, 2.05) is 6.92 Å². The fourth-order valence-corrected chi connectivity index (χ4v) is 1.64. The maximum Gasteiger partial charge on any atom is 0.122 e. The zero-order valence-electron chi connectivity index (χ0n) is 8.88. The summed E-state index contributed by atoms with van der Waals surface area (Å²) in [6.45, 7) is 4.10. The first kappa shape index (κ1) is 10.9. The Kier molecular flexibility index (Phi) is 3.81. The quantitative estimate of drug-likeness (QED) is 0.773. The van der Waals surface area contributed by atoms with Crippen LogP contribution in [-0.2, 0) is 12.8 Å². The van der Waals surface area contributed by atoms with Gasteiger partial charge in [-0.2, -0.15) is 0 Å². The van der Waals surface area contributed by atoms with Crippen LogP contribution in [0.1, 0.15) is 37.8 Å². The smallest absolute Gasteiger partial charge is 0.122 e. The van der Waals surface area contributed by atoms with Crippen LogP contribution in [-0.4, -0.2) is 10.2 Å². The fourth-order valence-electron chi connectivity index (χ4n) is 1.64. The van der Waals surface area contributed by atoms with Crippen molar-refractivity contribution in [3.63, 3.8) is 0 Å². The number of phenols is 2. The molecular formula is C12H18O2. The first-order chi connectivity index (χ1) is 6.69. The molecule has 0 bridgehead atoms. The van der Waals surface area contributed by atoms with E-state index in [9.17, 15) is 10.2 Å². The number of aryl methyl sites for hydroxylation is 1. The summed E-state index contributed by atoms with van der Waals surface area (Å²) in [6, 6.07) is 3.52. The average molecular weight is 194 g/mol. The highest BCUT2D eigenvalue weighted by molar-refractivity contribution is 5.46. The van der Waals surface area contributed by atoms with E-state index in [2.05, 4.69) is 6.92 Å². The summed E-state index contributed by atoms with van der Waals surface area (Å²) in [6.07, 6.45) is 3.57. The molecule has 0 saturated carbocycles. The third-order valence-corrected chi connectivity index (χ3v) is 2.30. The minimum Gasteiger partial charge on any atom is -0.508 e. The monoisotopic (exact) mass is 194 g/mol. The van der Waals surface area contributed by atoms with Crippen LogP contribution >= 0.6 is 0 Å². The van der Waals surface area contributed by atoms with Crippen LogP contribution in [0.4, 0.5) is 0 Å². The molecule has 1 rings (SSSR count). The summed E-state index contributed by atoms with van der Waals surface area (Å²) >= 11 is 0. The maximum absolute atomic E-state index is 9.67. The molecule has 0 atom stereocenters. The molecule has 0 aliphatic heterocycles. The molecular weight excluding hydrogens is 176 g/mol. The highest BCUT2D eigenvalue weighted by atomic mass is 16.3. The van der Waals surface area contributed by atoms with Crippen molar-refractivity contribution < 1.29 is 10.2 Å². The van der Waals surface area contributed by atoms with Crippen LogP contribution in [0, 0.1) is 0 Å². The Morgan fingerprint density at radius 2 is 1.43 bits per heavy atom. The molecule has 14 heavy (non-hydrogen) atoms. The Labute approximate surface area is 85.2 Å².